The maximum atomic E-state index is 13.2. The first-order valence-electron chi connectivity index (χ1n) is 7.90. The van der Waals surface area contributed by atoms with Gasteiger partial charge in [0.15, 0.2) is 5.82 Å². The molecule has 2 aliphatic rings. The predicted molar refractivity (Wildman–Crippen MR) is 76.9 cm³/mol. The fraction of sp³-hybridized carbons (Fsp3) is 0.786. The molecule has 3 rings (SSSR count). The van der Waals surface area contributed by atoms with E-state index >= 15 is 0 Å². The Morgan fingerprint density at radius 3 is 2.70 bits per heavy atom. The van der Waals surface area contributed by atoms with Crippen molar-refractivity contribution in [1.29, 1.82) is 0 Å². The molecule has 0 aromatic carbocycles. The van der Waals surface area contributed by atoms with Crippen LogP contribution in [0.3, 0.4) is 0 Å². The second-order valence-electron chi connectivity index (χ2n) is 6.05. The Kier molecular flexibility index (Phi) is 4.58. The minimum atomic E-state index is -2.78. The minimum absolute atomic E-state index is 0.227. The monoisotopic (exact) mass is 329 g/mol. The van der Waals surface area contributed by atoms with E-state index in [1.54, 1.807) is 4.90 Å². The van der Waals surface area contributed by atoms with Crippen LogP contribution in [-0.2, 0) is 17.8 Å². The molecule has 2 fully saturated rings. The van der Waals surface area contributed by atoms with Gasteiger partial charge in [0.2, 0.25) is 11.8 Å². The summed E-state index contributed by atoms with van der Waals surface area (Å²) in [6, 6.07) is -0.763. The highest BCUT2D eigenvalue weighted by Gasteiger charge is 2.43. The molecule has 1 aromatic heterocycles. The first-order valence-corrected chi connectivity index (χ1v) is 7.90. The van der Waals surface area contributed by atoms with Gasteiger partial charge in [-0.05, 0) is 0 Å². The summed E-state index contributed by atoms with van der Waals surface area (Å²) >= 11 is 0. The maximum absolute atomic E-state index is 13.2. The van der Waals surface area contributed by atoms with Crippen LogP contribution in [0, 0.1) is 0 Å². The molecule has 3 heterocycles. The molecule has 128 valence electrons. The van der Waals surface area contributed by atoms with E-state index in [1.165, 1.54) is 0 Å². The molecular weight excluding hydrogens is 308 g/mol. The topological polar surface area (TPSA) is 74.5 Å². The number of hydrogen-bond donors (Lipinski definition) is 1. The van der Waals surface area contributed by atoms with E-state index in [-0.39, 0.29) is 5.91 Å². The highest BCUT2D eigenvalue weighted by Crippen LogP contribution is 2.26. The number of hydrogen-bond acceptors (Lipinski definition) is 6. The highest BCUT2D eigenvalue weighted by molar-refractivity contribution is 5.82. The van der Waals surface area contributed by atoms with Crippen LogP contribution in [0.2, 0.25) is 0 Å². The van der Waals surface area contributed by atoms with E-state index in [9.17, 15) is 13.6 Å². The van der Waals surface area contributed by atoms with Gasteiger partial charge in [-0.15, -0.1) is 0 Å². The lowest BCUT2D eigenvalue weighted by molar-refractivity contribution is -0.135. The van der Waals surface area contributed by atoms with Crippen LogP contribution < -0.4 is 5.32 Å². The summed E-state index contributed by atoms with van der Waals surface area (Å²) in [4.78, 5) is 20.3. The second-order valence-corrected chi connectivity index (χ2v) is 6.05. The van der Waals surface area contributed by atoms with Crippen molar-refractivity contribution < 1.29 is 18.1 Å². The van der Waals surface area contributed by atoms with Crippen molar-refractivity contribution >= 4 is 5.91 Å². The van der Waals surface area contributed by atoms with Crippen LogP contribution in [0.1, 0.15) is 25.1 Å². The van der Waals surface area contributed by atoms with E-state index in [4.69, 9.17) is 4.52 Å². The van der Waals surface area contributed by atoms with Gasteiger partial charge < -0.3 is 9.42 Å². The molecule has 9 heteroatoms. The van der Waals surface area contributed by atoms with E-state index in [2.05, 4.69) is 20.4 Å². The summed E-state index contributed by atoms with van der Waals surface area (Å²) in [6.45, 7) is 4.51. The van der Waals surface area contributed by atoms with Gasteiger partial charge in [0.05, 0.1) is 19.1 Å². The second kappa shape index (κ2) is 6.48. The maximum Gasteiger partial charge on any atom is 0.262 e. The molecule has 1 aromatic rings. The van der Waals surface area contributed by atoms with Crippen LogP contribution in [0.15, 0.2) is 4.52 Å². The van der Waals surface area contributed by atoms with Crippen molar-refractivity contribution in [3.63, 3.8) is 0 Å². The Bertz CT molecular complexity index is 557. The predicted octanol–water partition coefficient (Wildman–Crippen LogP) is 0.273. The number of amides is 1. The Labute approximate surface area is 133 Å². The zero-order valence-electron chi connectivity index (χ0n) is 13.1. The molecule has 1 amide bonds. The fourth-order valence-corrected chi connectivity index (χ4v) is 2.93. The third-order valence-electron chi connectivity index (χ3n) is 4.27. The van der Waals surface area contributed by atoms with Gasteiger partial charge in [-0.25, -0.2) is 8.78 Å². The van der Waals surface area contributed by atoms with Crippen LogP contribution >= 0.6 is 0 Å². The summed E-state index contributed by atoms with van der Waals surface area (Å²) in [6.07, 6.45) is 0.295. The van der Waals surface area contributed by atoms with Crippen LogP contribution in [-0.4, -0.2) is 70.5 Å². The van der Waals surface area contributed by atoms with Crippen molar-refractivity contribution in [2.24, 2.45) is 0 Å². The molecule has 0 saturated carbocycles. The number of halogens is 2. The van der Waals surface area contributed by atoms with E-state index in [1.807, 2.05) is 6.92 Å². The largest absolute Gasteiger partial charge is 0.339 e. The lowest BCUT2D eigenvalue weighted by atomic mass is 10.1. The molecule has 0 aliphatic carbocycles. The van der Waals surface area contributed by atoms with Gasteiger partial charge in [0.1, 0.15) is 0 Å². The van der Waals surface area contributed by atoms with Crippen LogP contribution in [0.4, 0.5) is 8.78 Å². The van der Waals surface area contributed by atoms with E-state index in [0.29, 0.717) is 50.9 Å². The molecule has 2 saturated heterocycles. The molecule has 2 aliphatic heterocycles. The number of carbonyl (C=O) groups is 1. The molecule has 0 bridgehead atoms. The average Bonchev–Trinajstić information content (AvgIpc) is 3.13. The summed E-state index contributed by atoms with van der Waals surface area (Å²) in [5.41, 5.74) is 0. The zero-order valence-corrected chi connectivity index (χ0v) is 13.1. The summed E-state index contributed by atoms with van der Waals surface area (Å²) in [5.74, 6) is -1.76. The summed E-state index contributed by atoms with van der Waals surface area (Å²) < 4.78 is 31.5. The average molecular weight is 329 g/mol. The number of nitrogens with zero attached hydrogens (tertiary/aromatic N) is 4. The molecule has 1 N–H and O–H groups in total. The molecule has 0 spiro atoms. The molecule has 1 unspecified atom stereocenters. The van der Waals surface area contributed by atoms with Gasteiger partial charge in [-0.3, -0.25) is 15.0 Å². The van der Waals surface area contributed by atoms with Crippen molar-refractivity contribution in [3.8, 4) is 0 Å². The first kappa shape index (κ1) is 16.3. The van der Waals surface area contributed by atoms with Crippen molar-refractivity contribution in [3.05, 3.63) is 11.7 Å². The molecule has 1 atom stereocenters. The Morgan fingerprint density at radius 2 is 2.13 bits per heavy atom. The quantitative estimate of drug-likeness (QED) is 0.855. The van der Waals surface area contributed by atoms with E-state index in [0.717, 1.165) is 0 Å². The smallest absolute Gasteiger partial charge is 0.262 e. The Morgan fingerprint density at radius 1 is 1.39 bits per heavy atom. The lowest BCUT2D eigenvalue weighted by Gasteiger charge is -2.35. The molecule has 23 heavy (non-hydrogen) atoms. The zero-order chi connectivity index (χ0) is 16.4. The SMILES string of the molecule is CCc1nc(CN2CCN(C(=O)C3CC(F)(F)CN3)CC2)no1. The number of piperazine rings is 1. The first-order chi connectivity index (χ1) is 11.0. The third kappa shape index (κ3) is 3.84. The van der Waals surface area contributed by atoms with Crippen LogP contribution in [0.5, 0.6) is 0 Å². The highest BCUT2D eigenvalue weighted by atomic mass is 19.3. The molecule has 0 radical (unpaired) electrons. The molecular formula is C14H21F2N5O2. The standard InChI is InChI=1S/C14H21F2N5O2/c1-2-12-18-11(19-23-12)8-20-3-5-21(6-4-20)13(22)10-7-14(15,16)9-17-10/h10,17H,2-9H2,1H3. The lowest BCUT2D eigenvalue weighted by Crippen LogP contribution is -2.52. The van der Waals surface area contributed by atoms with Gasteiger partial charge in [-0.2, -0.15) is 4.98 Å². The number of alkyl halides is 2. The van der Waals surface area contributed by atoms with Gasteiger partial charge >= 0.3 is 0 Å². The van der Waals surface area contributed by atoms with Gasteiger partial charge in [0, 0.05) is 39.0 Å². The Hall–Kier alpha value is -1.61. The molecule has 7 nitrogen and oxygen atoms in total. The summed E-state index contributed by atoms with van der Waals surface area (Å²) in [5, 5.41) is 6.53. The number of aryl methyl sites for hydroxylation is 1. The number of rotatable bonds is 4. The fourth-order valence-electron chi connectivity index (χ4n) is 2.93. The normalized spacial score (nSPS) is 25.0. The number of carbonyl (C=O) groups excluding carboxylic acids is 1. The third-order valence-corrected chi connectivity index (χ3v) is 4.27. The summed E-state index contributed by atoms with van der Waals surface area (Å²) in [7, 11) is 0. The number of nitrogens with one attached hydrogen (secondary N) is 1. The van der Waals surface area contributed by atoms with Gasteiger partial charge in [0.25, 0.3) is 5.92 Å². The van der Waals surface area contributed by atoms with Crippen molar-refractivity contribution in [2.45, 2.75) is 38.3 Å². The Balaban J connectivity index is 1.47. The van der Waals surface area contributed by atoms with E-state index < -0.39 is 24.9 Å². The van der Waals surface area contributed by atoms with Gasteiger partial charge in [-0.1, -0.05) is 12.1 Å². The van der Waals surface area contributed by atoms with Crippen molar-refractivity contribution in [2.75, 3.05) is 32.7 Å². The minimum Gasteiger partial charge on any atom is -0.339 e. The number of aromatic nitrogens is 2. The van der Waals surface area contributed by atoms with Crippen LogP contribution in [0.25, 0.3) is 0 Å². The van der Waals surface area contributed by atoms with Crippen molar-refractivity contribution in [1.82, 2.24) is 25.3 Å².